The third-order valence-corrected chi connectivity index (χ3v) is 3.44. The minimum atomic E-state index is -0.780. The van der Waals surface area contributed by atoms with Gasteiger partial charge in [-0.05, 0) is 31.2 Å². The van der Waals surface area contributed by atoms with Crippen molar-refractivity contribution in [3.63, 3.8) is 0 Å². The van der Waals surface area contributed by atoms with Crippen LogP contribution in [0.1, 0.15) is 17.3 Å². The second-order valence-corrected chi connectivity index (χ2v) is 5.01. The molecule has 0 radical (unpaired) electrons. The van der Waals surface area contributed by atoms with E-state index in [1.165, 1.54) is 18.7 Å². The molecule has 0 amide bonds. The highest BCUT2D eigenvalue weighted by atomic mass is 32.2. The molecule has 0 fully saturated rings. The van der Waals surface area contributed by atoms with E-state index in [1.807, 2.05) is 36.4 Å². The molecule has 0 bridgehead atoms. The number of carbonyl (C=O) groups excluding carboxylic acids is 1. The largest absolute Gasteiger partial charge is 0.444 e. The minimum absolute atomic E-state index is 0.364. The molecule has 1 aromatic carbocycles. The van der Waals surface area contributed by atoms with Gasteiger partial charge in [-0.25, -0.2) is 9.78 Å². The number of aromatic nitrogens is 1. The van der Waals surface area contributed by atoms with Crippen molar-refractivity contribution in [2.45, 2.75) is 22.9 Å². The van der Waals surface area contributed by atoms with Gasteiger partial charge in [0.15, 0.2) is 6.10 Å². The molecule has 20 heavy (non-hydrogen) atoms. The molecule has 1 aromatic heterocycles. The van der Waals surface area contributed by atoms with Gasteiger partial charge in [0.05, 0.1) is 5.56 Å². The van der Waals surface area contributed by atoms with Crippen LogP contribution >= 0.6 is 11.8 Å². The molecule has 2 aromatic rings. The Balaban J connectivity index is 2.23. The van der Waals surface area contributed by atoms with Gasteiger partial charge in [-0.2, -0.15) is 5.26 Å². The smallest absolute Gasteiger partial charge is 0.342 e. The maximum absolute atomic E-state index is 12.0. The van der Waals surface area contributed by atoms with Gasteiger partial charge in [0, 0.05) is 11.1 Å². The van der Waals surface area contributed by atoms with Crippen molar-refractivity contribution in [1.82, 2.24) is 4.98 Å². The van der Waals surface area contributed by atoms with Crippen molar-refractivity contribution >= 4 is 17.7 Å². The fourth-order valence-corrected chi connectivity index (χ4v) is 2.37. The Bertz CT molecular complexity index is 638. The molecule has 0 aliphatic carbocycles. The van der Waals surface area contributed by atoms with Gasteiger partial charge < -0.3 is 4.74 Å². The lowest BCUT2D eigenvalue weighted by Gasteiger charge is -2.09. The van der Waals surface area contributed by atoms with Gasteiger partial charge in [0.1, 0.15) is 11.1 Å². The number of rotatable bonds is 4. The van der Waals surface area contributed by atoms with E-state index in [-0.39, 0.29) is 0 Å². The average molecular weight is 284 g/mol. The van der Waals surface area contributed by atoms with Crippen LogP contribution in [0.15, 0.2) is 58.6 Å². The molecule has 4 nitrogen and oxygen atoms in total. The molecule has 0 saturated carbocycles. The van der Waals surface area contributed by atoms with Crippen molar-refractivity contribution < 1.29 is 9.53 Å². The zero-order valence-corrected chi connectivity index (χ0v) is 11.6. The molecule has 100 valence electrons. The van der Waals surface area contributed by atoms with Crippen molar-refractivity contribution in [3.05, 3.63) is 54.2 Å². The van der Waals surface area contributed by atoms with Crippen molar-refractivity contribution in [3.8, 4) is 6.07 Å². The minimum Gasteiger partial charge on any atom is -0.444 e. The number of ether oxygens (including phenoxy) is 1. The number of hydrogen-bond donors (Lipinski definition) is 0. The van der Waals surface area contributed by atoms with Crippen LogP contribution in [-0.4, -0.2) is 17.1 Å². The first kappa shape index (κ1) is 14.1. The van der Waals surface area contributed by atoms with Crippen molar-refractivity contribution in [1.29, 1.82) is 5.26 Å². The Hall–Kier alpha value is -2.32. The summed E-state index contributed by atoms with van der Waals surface area (Å²) in [7, 11) is 0. The van der Waals surface area contributed by atoms with Gasteiger partial charge in [-0.3, -0.25) is 0 Å². The predicted molar refractivity (Wildman–Crippen MR) is 75.3 cm³/mol. The Morgan fingerprint density at radius 1 is 1.30 bits per heavy atom. The Kier molecular flexibility index (Phi) is 4.75. The number of pyridine rings is 1. The Morgan fingerprint density at radius 2 is 2.05 bits per heavy atom. The monoisotopic (exact) mass is 284 g/mol. The summed E-state index contributed by atoms with van der Waals surface area (Å²) in [6, 6.07) is 14.8. The lowest BCUT2D eigenvalue weighted by Crippen LogP contribution is -2.14. The maximum Gasteiger partial charge on any atom is 0.342 e. The highest BCUT2D eigenvalue weighted by molar-refractivity contribution is 7.99. The summed E-state index contributed by atoms with van der Waals surface area (Å²) in [5.74, 6) is -0.536. The van der Waals surface area contributed by atoms with E-state index < -0.39 is 12.1 Å². The lowest BCUT2D eigenvalue weighted by molar-refractivity contribution is 0.0430. The number of nitriles is 1. The maximum atomic E-state index is 12.0. The van der Waals surface area contributed by atoms with E-state index in [0.29, 0.717) is 10.6 Å². The van der Waals surface area contributed by atoms with Crippen LogP contribution in [0.5, 0.6) is 0 Å². The predicted octanol–water partition coefficient (Wildman–Crippen LogP) is 3.30. The lowest BCUT2D eigenvalue weighted by atomic mass is 10.3. The van der Waals surface area contributed by atoms with Crippen LogP contribution in [0.2, 0.25) is 0 Å². The van der Waals surface area contributed by atoms with Crippen LogP contribution in [0.4, 0.5) is 0 Å². The molecule has 0 aliphatic heterocycles. The van der Waals surface area contributed by atoms with Crippen molar-refractivity contribution in [2.24, 2.45) is 0 Å². The first-order valence-corrected chi connectivity index (χ1v) is 6.81. The Morgan fingerprint density at radius 3 is 2.75 bits per heavy atom. The molecule has 2 rings (SSSR count). The topological polar surface area (TPSA) is 63.0 Å². The number of benzene rings is 1. The van der Waals surface area contributed by atoms with E-state index >= 15 is 0 Å². The SMILES string of the molecule is C[C@H](C#N)OC(=O)c1cccnc1Sc1ccccc1. The molecule has 0 unspecified atom stereocenters. The first-order chi connectivity index (χ1) is 9.70. The molecule has 5 heteroatoms. The zero-order chi connectivity index (χ0) is 14.4. The number of nitrogens with zero attached hydrogens (tertiary/aromatic N) is 2. The van der Waals surface area contributed by atoms with Gasteiger partial charge in [-0.15, -0.1) is 0 Å². The summed E-state index contributed by atoms with van der Waals surface area (Å²) in [6.45, 7) is 1.53. The van der Waals surface area contributed by atoms with Crippen molar-refractivity contribution in [2.75, 3.05) is 0 Å². The first-order valence-electron chi connectivity index (χ1n) is 5.99. The third-order valence-electron chi connectivity index (χ3n) is 2.41. The van der Waals surface area contributed by atoms with Gasteiger partial charge in [0.2, 0.25) is 0 Å². The fraction of sp³-hybridized carbons (Fsp3) is 0.133. The summed E-state index contributed by atoms with van der Waals surface area (Å²) in [5, 5.41) is 9.25. The summed E-state index contributed by atoms with van der Waals surface area (Å²) >= 11 is 1.38. The Labute approximate surface area is 121 Å². The highest BCUT2D eigenvalue weighted by Gasteiger charge is 2.17. The van der Waals surface area contributed by atoms with E-state index in [9.17, 15) is 4.79 Å². The van der Waals surface area contributed by atoms with E-state index in [4.69, 9.17) is 10.00 Å². The van der Waals surface area contributed by atoms with E-state index in [2.05, 4.69) is 4.98 Å². The highest BCUT2D eigenvalue weighted by Crippen LogP contribution is 2.28. The van der Waals surface area contributed by atoms with E-state index in [1.54, 1.807) is 18.3 Å². The average Bonchev–Trinajstić information content (AvgIpc) is 2.48. The third kappa shape index (κ3) is 3.59. The number of esters is 1. The van der Waals surface area contributed by atoms with Gasteiger partial charge in [-0.1, -0.05) is 30.0 Å². The summed E-state index contributed by atoms with van der Waals surface area (Å²) < 4.78 is 5.01. The van der Waals surface area contributed by atoms with Crippen LogP contribution in [0.25, 0.3) is 0 Å². The second kappa shape index (κ2) is 6.73. The molecule has 1 heterocycles. The quantitative estimate of drug-likeness (QED) is 0.806. The molecule has 0 N–H and O–H groups in total. The number of carbonyl (C=O) groups is 1. The summed E-state index contributed by atoms with van der Waals surface area (Å²) in [6.07, 6.45) is 0.841. The molecule has 1 atom stereocenters. The molecule has 0 saturated heterocycles. The van der Waals surface area contributed by atoms with Gasteiger partial charge in [0.25, 0.3) is 0 Å². The van der Waals surface area contributed by atoms with Crippen LogP contribution < -0.4 is 0 Å². The standard InChI is InChI=1S/C15H12N2O2S/c1-11(10-16)19-15(18)13-8-5-9-17-14(13)20-12-6-3-2-4-7-12/h2-9,11H,1H3/t11-/m1/s1. The number of hydrogen-bond acceptors (Lipinski definition) is 5. The molecule has 0 spiro atoms. The normalized spacial score (nSPS) is 11.4. The van der Waals surface area contributed by atoms with Crippen LogP contribution in [-0.2, 0) is 4.74 Å². The summed E-state index contributed by atoms with van der Waals surface area (Å²) in [5.41, 5.74) is 0.364. The fourth-order valence-electron chi connectivity index (χ4n) is 1.48. The van der Waals surface area contributed by atoms with E-state index in [0.717, 1.165) is 4.90 Å². The van der Waals surface area contributed by atoms with Crippen LogP contribution in [0.3, 0.4) is 0 Å². The second-order valence-electron chi connectivity index (χ2n) is 3.95. The molecular weight excluding hydrogens is 272 g/mol. The molecule has 0 aliphatic rings. The summed E-state index contributed by atoms with van der Waals surface area (Å²) in [4.78, 5) is 17.2. The van der Waals surface area contributed by atoms with Gasteiger partial charge >= 0.3 is 5.97 Å². The van der Waals surface area contributed by atoms with Crippen LogP contribution in [0, 0.1) is 11.3 Å². The molecular formula is C15H12N2O2S. The zero-order valence-electron chi connectivity index (χ0n) is 10.8.